The molecule has 1 atom stereocenters. The van der Waals surface area contributed by atoms with E-state index < -0.39 is 0 Å². The summed E-state index contributed by atoms with van der Waals surface area (Å²) in [5.74, 6) is 1.79. The molecule has 2 aromatic carbocycles. The van der Waals surface area contributed by atoms with Crippen molar-refractivity contribution in [2.45, 2.75) is 13.0 Å². The number of nitrogens with one attached hydrogen (secondary N) is 1. The molecule has 0 spiro atoms. The van der Waals surface area contributed by atoms with Gasteiger partial charge in [0.2, 0.25) is 0 Å². The number of methoxy groups -OCH3 is 3. The molecular weight excluding hydrogens is 374 g/mol. The van der Waals surface area contributed by atoms with Crippen molar-refractivity contribution in [3.8, 4) is 17.2 Å². The lowest BCUT2D eigenvalue weighted by Gasteiger charge is -2.18. The minimum Gasteiger partial charge on any atom is -0.497 e. The summed E-state index contributed by atoms with van der Waals surface area (Å²) in [6.07, 6.45) is 0. The highest BCUT2D eigenvalue weighted by molar-refractivity contribution is 9.10. The number of hydrogen-bond donors (Lipinski definition) is 1. The van der Waals surface area contributed by atoms with Crippen LogP contribution in [0.1, 0.15) is 28.9 Å². The second-order valence-electron chi connectivity index (χ2n) is 5.15. The summed E-state index contributed by atoms with van der Waals surface area (Å²) in [6, 6.07) is 10.4. The predicted octanol–water partition coefficient (Wildman–Crippen LogP) is 3.97. The van der Waals surface area contributed by atoms with E-state index in [1.54, 1.807) is 45.6 Å². The minimum atomic E-state index is -0.214. The van der Waals surface area contributed by atoms with E-state index in [9.17, 15) is 4.79 Å². The van der Waals surface area contributed by atoms with Crippen molar-refractivity contribution in [3.63, 3.8) is 0 Å². The maximum absolute atomic E-state index is 12.4. The molecule has 24 heavy (non-hydrogen) atoms. The number of hydrogen-bond acceptors (Lipinski definition) is 4. The Balaban J connectivity index is 2.19. The molecular formula is C18H20BrNO4. The zero-order valence-electron chi connectivity index (χ0n) is 14.1. The molecule has 0 fully saturated rings. The van der Waals surface area contributed by atoms with E-state index in [2.05, 4.69) is 21.2 Å². The summed E-state index contributed by atoms with van der Waals surface area (Å²) in [5.41, 5.74) is 1.47. The highest BCUT2D eigenvalue weighted by atomic mass is 79.9. The number of carbonyl (C=O) groups excluding carboxylic acids is 1. The van der Waals surface area contributed by atoms with Gasteiger partial charge in [-0.05, 0) is 48.9 Å². The molecule has 0 heterocycles. The van der Waals surface area contributed by atoms with E-state index in [1.165, 1.54) is 0 Å². The fourth-order valence-electron chi connectivity index (χ4n) is 2.30. The van der Waals surface area contributed by atoms with Crippen molar-refractivity contribution < 1.29 is 19.0 Å². The van der Waals surface area contributed by atoms with Gasteiger partial charge in [0.05, 0.1) is 27.4 Å². The molecule has 0 aromatic heterocycles. The van der Waals surface area contributed by atoms with Crippen LogP contribution >= 0.6 is 15.9 Å². The molecule has 0 bridgehead atoms. The van der Waals surface area contributed by atoms with E-state index in [1.807, 2.05) is 19.1 Å². The Kier molecular flexibility index (Phi) is 6.09. The maximum atomic E-state index is 12.4. The number of halogens is 1. The Morgan fingerprint density at radius 2 is 1.58 bits per heavy atom. The molecule has 0 radical (unpaired) electrons. The van der Waals surface area contributed by atoms with Gasteiger partial charge < -0.3 is 19.5 Å². The van der Waals surface area contributed by atoms with Gasteiger partial charge in [-0.2, -0.15) is 0 Å². The van der Waals surface area contributed by atoms with Crippen molar-refractivity contribution in [1.29, 1.82) is 0 Å². The number of benzene rings is 2. The molecule has 0 saturated carbocycles. The average molecular weight is 394 g/mol. The van der Waals surface area contributed by atoms with Crippen molar-refractivity contribution in [2.24, 2.45) is 0 Å². The van der Waals surface area contributed by atoms with Gasteiger partial charge in [-0.15, -0.1) is 0 Å². The van der Waals surface area contributed by atoms with E-state index in [0.717, 1.165) is 10.0 Å². The number of ether oxygens (including phenoxy) is 3. The summed E-state index contributed by atoms with van der Waals surface area (Å²) in [6.45, 7) is 1.91. The minimum absolute atomic E-state index is 0.160. The highest BCUT2D eigenvalue weighted by Gasteiger charge is 2.17. The van der Waals surface area contributed by atoms with Crippen LogP contribution in [-0.2, 0) is 0 Å². The van der Waals surface area contributed by atoms with Crippen molar-refractivity contribution >= 4 is 21.8 Å². The first-order valence-electron chi connectivity index (χ1n) is 7.36. The van der Waals surface area contributed by atoms with E-state index in [0.29, 0.717) is 22.8 Å². The Hall–Kier alpha value is -2.21. The molecule has 2 rings (SSSR count). The van der Waals surface area contributed by atoms with Gasteiger partial charge in [-0.1, -0.05) is 15.9 Å². The number of rotatable bonds is 6. The Morgan fingerprint density at radius 3 is 2.12 bits per heavy atom. The molecule has 6 heteroatoms. The van der Waals surface area contributed by atoms with Gasteiger partial charge in [0.15, 0.2) is 11.5 Å². The van der Waals surface area contributed by atoms with Gasteiger partial charge in [0.25, 0.3) is 5.91 Å². The highest BCUT2D eigenvalue weighted by Crippen LogP contribution is 2.36. The largest absolute Gasteiger partial charge is 0.497 e. The second kappa shape index (κ2) is 8.06. The van der Waals surface area contributed by atoms with Crippen LogP contribution in [0.25, 0.3) is 0 Å². The Labute approximate surface area is 150 Å². The van der Waals surface area contributed by atoms with E-state index in [4.69, 9.17) is 14.2 Å². The van der Waals surface area contributed by atoms with Gasteiger partial charge in [-0.3, -0.25) is 4.79 Å². The molecule has 0 unspecified atom stereocenters. The molecule has 1 N–H and O–H groups in total. The lowest BCUT2D eigenvalue weighted by atomic mass is 10.1. The number of carbonyl (C=O) groups is 1. The van der Waals surface area contributed by atoms with Crippen LogP contribution in [-0.4, -0.2) is 27.2 Å². The van der Waals surface area contributed by atoms with E-state index >= 15 is 0 Å². The summed E-state index contributed by atoms with van der Waals surface area (Å²) < 4.78 is 16.5. The predicted molar refractivity (Wildman–Crippen MR) is 96.1 cm³/mol. The van der Waals surface area contributed by atoms with Crippen LogP contribution < -0.4 is 19.5 Å². The van der Waals surface area contributed by atoms with Crippen LogP contribution in [0.4, 0.5) is 0 Å². The first-order chi connectivity index (χ1) is 11.5. The van der Waals surface area contributed by atoms with Crippen molar-refractivity contribution in [2.75, 3.05) is 21.3 Å². The maximum Gasteiger partial charge on any atom is 0.251 e. The Bertz CT molecular complexity index is 716. The Morgan fingerprint density at radius 1 is 1.00 bits per heavy atom. The molecule has 2 aromatic rings. The molecule has 128 valence electrons. The summed E-state index contributed by atoms with van der Waals surface area (Å²) >= 11 is 3.51. The number of amides is 1. The molecule has 1 amide bonds. The molecule has 5 nitrogen and oxygen atoms in total. The van der Waals surface area contributed by atoms with Gasteiger partial charge >= 0.3 is 0 Å². The standard InChI is InChI=1S/C18H20BrNO4/c1-11(14-9-16(23-3)17(24-4)10-15(14)19)20-18(21)12-5-7-13(22-2)8-6-12/h5-11H,1-4H3,(H,20,21)/t11-/m0/s1. The smallest absolute Gasteiger partial charge is 0.251 e. The molecule has 0 aliphatic carbocycles. The van der Waals surface area contributed by atoms with Gasteiger partial charge in [0, 0.05) is 10.0 Å². The summed E-state index contributed by atoms with van der Waals surface area (Å²) in [4.78, 5) is 12.4. The third-order valence-electron chi connectivity index (χ3n) is 3.67. The second-order valence-corrected chi connectivity index (χ2v) is 6.01. The van der Waals surface area contributed by atoms with Gasteiger partial charge in [-0.25, -0.2) is 0 Å². The quantitative estimate of drug-likeness (QED) is 0.806. The fourth-order valence-corrected chi connectivity index (χ4v) is 2.97. The summed E-state index contributed by atoms with van der Waals surface area (Å²) in [7, 11) is 4.75. The third kappa shape index (κ3) is 4.00. The molecule has 0 aliphatic rings. The third-order valence-corrected chi connectivity index (χ3v) is 4.36. The zero-order chi connectivity index (χ0) is 17.7. The van der Waals surface area contributed by atoms with Crippen LogP contribution in [0.3, 0.4) is 0 Å². The van der Waals surface area contributed by atoms with Crippen LogP contribution in [0.5, 0.6) is 17.2 Å². The van der Waals surface area contributed by atoms with E-state index in [-0.39, 0.29) is 11.9 Å². The van der Waals surface area contributed by atoms with Crippen LogP contribution in [0, 0.1) is 0 Å². The average Bonchev–Trinajstić information content (AvgIpc) is 2.61. The molecule has 0 saturated heterocycles. The lowest BCUT2D eigenvalue weighted by molar-refractivity contribution is 0.0939. The normalized spacial score (nSPS) is 11.5. The van der Waals surface area contributed by atoms with Crippen molar-refractivity contribution in [1.82, 2.24) is 5.32 Å². The lowest BCUT2D eigenvalue weighted by Crippen LogP contribution is -2.26. The SMILES string of the molecule is COc1ccc(C(=O)N[C@@H](C)c2cc(OC)c(OC)cc2Br)cc1. The molecule has 0 aliphatic heterocycles. The monoisotopic (exact) mass is 393 g/mol. The fraction of sp³-hybridized carbons (Fsp3) is 0.278. The first kappa shape index (κ1) is 18.1. The van der Waals surface area contributed by atoms with Crippen LogP contribution in [0.15, 0.2) is 40.9 Å². The van der Waals surface area contributed by atoms with Gasteiger partial charge in [0.1, 0.15) is 5.75 Å². The summed E-state index contributed by atoms with van der Waals surface area (Å²) in [5, 5.41) is 2.97. The van der Waals surface area contributed by atoms with Crippen molar-refractivity contribution in [3.05, 3.63) is 52.0 Å². The van der Waals surface area contributed by atoms with Crippen LogP contribution in [0.2, 0.25) is 0 Å². The zero-order valence-corrected chi connectivity index (χ0v) is 15.6. The first-order valence-corrected chi connectivity index (χ1v) is 8.15. The topological polar surface area (TPSA) is 56.8 Å².